The van der Waals surface area contributed by atoms with Gasteiger partial charge in [-0.3, -0.25) is 9.59 Å². The Balaban J connectivity index is 2.52. The number of para-hydroxylation sites is 1. The average molecular weight is 306 g/mol. The number of carbonyl (C=O) groups excluding carboxylic acids is 2. The SMILES string of the molecule is CCCC(CCO)CNC(=O)C(=O)Nc1ccccc1CC. The minimum atomic E-state index is -0.653. The fourth-order valence-corrected chi connectivity index (χ4v) is 2.39. The zero-order valence-electron chi connectivity index (χ0n) is 13.4. The summed E-state index contributed by atoms with van der Waals surface area (Å²) in [6.07, 6.45) is 3.32. The molecule has 1 aromatic carbocycles. The fraction of sp³-hybridized carbons (Fsp3) is 0.529. The van der Waals surface area contributed by atoms with Crippen molar-refractivity contribution >= 4 is 17.5 Å². The van der Waals surface area contributed by atoms with E-state index in [-0.39, 0.29) is 12.5 Å². The number of aryl methyl sites for hydroxylation is 1. The molecular formula is C17H26N2O3. The molecular weight excluding hydrogens is 280 g/mol. The number of rotatable bonds is 8. The summed E-state index contributed by atoms with van der Waals surface area (Å²) in [5, 5.41) is 14.3. The minimum Gasteiger partial charge on any atom is -0.396 e. The van der Waals surface area contributed by atoms with Crippen molar-refractivity contribution in [1.82, 2.24) is 5.32 Å². The Bertz CT molecular complexity index is 483. The zero-order valence-corrected chi connectivity index (χ0v) is 13.4. The first kappa shape index (κ1) is 18.2. The van der Waals surface area contributed by atoms with Crippen molar-refractivity contribution < 1.29 is 14.7 Å². The van der Waals surface area contributed by atoms with Crippen molar-refractivity contribution in [3.05, 3.63) is 29.8 Å². The van der Waals surface area contributed by atoms with E-state index < -0.39 is 11.8 Å². The van der Waals surface area contributed by atoms with Gasteiger partial charge >= 0.3 is 11.8 Å². The lowest BCUT2D eigenvalue weighted by Gasteiger charge is -2.15. The Kier molecular flexibility index (Phi) is 8.22. The van der Waals surface area contributed by atoms with E-state index in [1.54, 1.807) is 6.07 Å². The third kappa shape index (κ3) is 5.85. The van der Waals surface area contributed by atoms with Crippen LogP contribution in [-0.4, -0.2) is 30.1 Å². The molecule has 0 radical (unpaired) electrons. The third-order valence-electron chi connectivity index (χ3n) is 3.64. The van der Waals surface area contributed by atoms with E-state index in [9.17, 15) is 9.59 Å². The van der Waals surface area contributed by atoms with Gasteiger partial charge in [0.1, 0.15) is 0 Å². The molecule has 1 unspecified atom stereocenters. The lowest BCUT2D eigenvalue weighted by Crippen LogP contribution is -2.38. The van der Waals surface area contributed by atoms with Crippen LogP contribution in [0.1, 0.15) is 38.7 Å². The van der Waals surface area contributed by atoms with Crippen LogP contribution in [0, 0.1) is 5.92 Å². The number of benzene rings is 1. The van der Waals surface area contributed by atoms with Crippen molar-refractivity contribution in [2.45, 2.75) is 39.5 Å². The van der Waals surface area contributed by atoms with E-state index in [0.717, 1.165) is 24.8 Å². The number of hydrogen-bond donors (Lipinski definition) is 3. The van der Waals surface area contributed by atoms with Crippen molar-refractivity contribution in [3.63, 3.8) is 0 Å². The van der Waals surface area contributed by atoms with Gasteiger partial charge in [-0.05, 0) is 36.8 Å². The Morgan fingerprint density at radius 1 is 1.14 bits per heavy atom. The summed E-state index contributed by atoms with van der Waals surface area (Å²) in [6.45, 7) is 4.56. The van der Waals surface area contributed by atoms with E-state index in [1.807, 2.05) is 25.1 Å². The molecule has 5 nitrogen and oxygen atoms in total. The van der Waals surface area contributed by atoms with E-state index in [1.165, 1.54) is 0 Å². The lowest BCUT2D eigenvalue weighted by atomic mass is 10.0. The number of carbonyl (C=O) groups is 2. The highest BCUT2D eigenvalue weighted by Gasteiger charge is 2.16. The lowest BCUT2D eigenvalue weighted by molar-refractivity contribution is -0.136. The van der Waals surface area contributed by atoms with E-state index >= 15 is 0 Å². The Morgan fingerprint density at radius 2 is 1.86 bits per heavy atom. The van der Waals surface area contributed by atoms with Crippen molar-refractivity contribution in [2.75, 3.05) is 18.5 Å². The zero-order chi connectivity index (χ0) is 16.4. The quantitative estimate of drug-likeness (QED) is 0.644. The molecule has 0 heterocycles. The highest BCUT2D eigenvalue weighted by Crippen LogP contribution is 2.15. The Labute approximate surface area is 132 Å². The average Bonchev–Trinajstić information content (AvgIpc) is 2.53. The van der Waals surface area contributed by atoms with Gasteiger partial charge in [0.25, 0.3) is 0 Å². The molecule has 3 N–H and O–H groups in total. The van der Waals surface area contributed by atoms with Crippen molar-refractivity contribution in [3.8, 4) is 0 Å². The smallest absolute Gasteiger partial charge is 0.313 e. The van der Waals surface area contributed by atoms with Crippen molar-refractivity contribution in [1.29, 1.82) is 0 Å². The second-order valence-corrected chi connectivity index (χ2v) is 5.34. The van der Waals surface area contributed by atoms with E-state index in [4.69, 9.17) is 5.11 Å². The largest absolute Gasteiger partial charge is 0.396 e. The van der Waals surface area contributed by atoms with Gasteiger partial charge in [-0.2, -0.15) is 0 Å². The number of aliphatic hydroxyl groups excluding tert-OH is 1. The number of anilines is 1. The maximum Gasteiger partial charge on any atom is 0.313 e. The van der Waals surface area contributed by atoms with E-state index in [0.29, 0.717) is 18.7 Å². The maximum atomic E-state index is 11.9. The van der Waals surface area contributed by atoms with Gasteiger partial charge in [-0.1, -0.05) is 38.5 Å². The van der Waals surface area contributed by atoms with Crippen LogP contribution in [0.3, 0.4) is 0 Å². The van der Waals surface area contributed by atoms with Crippen LogP contribution < -0.4 is 10.6 Å². The number of amides is 2. The summed E-state index contributed by atoms with van der Waals surface area (Å²) < 4.78 is 0. The highest BCUT2D eigenvalue weighted by atomic mass is 16.3. The number of nitrogens with one attached hydrogen (secondary N) is 2. The predicted molar refractivity (Wildman–Crippen MR) is 87.6 cm³/mol. The molecule has 2 amide bonds. The molecule has 0 fully saturated rings. The van der Waals surface area contributed by atoms with Gasteiger partial charge in [-0.15, -0.1) is 0 Å². The Morgan fingerprint density at radius 3 is 2.50 bits per heavy atom. The molecule has 0 saturated heterocycles. The molecule has 0 bridgehead atoms. The first-order chi connectivity index (χ1) is 10.6. The molecule has 0 aromatic heterocycles. The molecule has 122 valence electrons. The molecule has 22 heavy (non-hydrogen) atoms. The summed E-state index contributed by atoms with van der Waals surface area (Å²) in [5.74, 6) is -1.08. The van der Waals surface area contributed by atoms with Crippen LogP contribution in [-0.2, 0) is 16.0 Å². The Hall–Kier alpha value is -1.88. The van der Waals surface area contributed by atoms with Crippen LogP contribution in [0.15, 0.2) is 24.3 Å². The molecule has 1 aromatic rings. The summed E-state index contributed by atoms with van der Waals surface area (Å²) in [4.78, 5) is 23.8. The number of hydrogen-bond acceptors (Lipinski definition) is 3. The second kappa shape index (κ2) is 9.95. The monoisotopic (exact) mass is 306 g/mol. The van der Waals surface area contributed by atoms with E-state index in [2.05, 4.69) is 17.6 Å². The third-order valence-corrected chi connectivity index (χ3v) is 3.64. The fourth-order valence-electron chi connectivity index (χ4n) is 2.39. The second-order valence-electron chi connectivity index (χ2n) is 5.34. The van der Waals surface area contributed by atoms with Crippen LogP contribution in [0.5, 0.6) is 0 Å². The van der Waals surface area contributed by atoms with Crippen LogP contribution in [0.4, 0.5) is 5.69 Å². The minimum absolute atomic E-state index is 0.0939. The van der Waals surface area contributed by atoms with Crippen LogP contribution >= 0.6 is 0 Å². The summed E-state index contributed by atoms with van der Waals surface area (Å²) in [7, 11) is 0. The molecule has 5 heteroatoms. The molecule has 0 saturated carbocycles. The van der Waals surface area contributed by atoms with Gasteiger partial charge in [0.2, 0.25) is 0 Å². The molecule has 0 aliphatic carbocycles. The summed E-state index contributed by atoms with van der Waals surface area (Å²) in [5.41, 5.74) is 1.67. The molecule has 1 atom stereocenters. The number of aliphatic hydroxyl groups is 1. The normalized spacial score (nSPS) is 11.8. The topological polar surface area (TPSA) is 78.4 Å². The van der Waals surface area contributed by atoms with Crippen LogP contribution in [0.25, 0.3) is 0 Å². The standard InChI is InChI=1S/C17H26N2O3/c1-3-7-13(10-11-20)12-18-16(21)17(22)19-15-9-6-5-8-14(15)4-2/h5-6,8-9,13,20H,3-4,7,10-12H2,1-2H3,(H,18,21)(H,19,22). The first-order valence-electron chi connectivity index (χ1n) is 7.90. The summed E-state index contributed by atoms with van der Waals surface area (Å²) >= 11 is 0. The van der Waals surface area contributed by atoms with Gasteiger partial charge < -0.3 is 15.7 Å². The first-order valence-corrected chi connectivity index (χ1v) is 7.90. The van der Waals surface area contributed by atoms with Gasteiger partial charge in [-0.25, -0.2) is 0 Å². The molecule has 0 aliphatic rings. The van der Waals surface area contributed by atoms with Crippen molar-refractivity contribution in [2.24, 2.45) is 5.92 Å². The predicted octanol–water partition coefficient (Wildman–Crippen LogP) is 2.10. The highest BCUT2D eigenvalue weighted by molar-refractivity contribution is 6.39. The maximum absolute atomic E-state index is 11.9. The van der Waals surface area contributed by atoms with Crippen LogP contribution in [0.2, 0.25) is 0 Å². The van der Waals surface area contributed by atoms with Gasteiger partial charge in [0.05, 0.1) is 0 Å². The summed E-state index contributed by atoms with van der Waals surface area (Å²) in [6, 6.07) is 7.44. The van der Waals surface area contributed by atoms with Gasteiger partial charge in [0, 0.05) is 18.8 Å². The molecule has 1 rings (SSSR count). The molecule has 0 aliphatic heterocycles. The molecule has 0 spiro atoms. The van der Waals surface area contributed by atoms with Gasteiger partial charge in [0.15, 0.2) is 0 Å².